The van der Waals surface area contributed by atoms with Crippen LogP contribution >= 0.6 is 11.3 Å². The lowest BCUT2D eigenvalue weighted by Crippen LogP contribution is -2.48. The number of aromatic nitrogens is 3. The van der Waals surface area contributed by atoms with Gasteiger partial charge in [0.2, 0.25) is 10.1 Å². The molecule has 0 atom stereocenters. The van der Waals surface area contributed by atoms with Gasteiger partial charge in [0.25, 0.3) is 0 Å². The zero-order chi connectivity index (χ0) is 22.2. The van der Waals surface area contributed by atoms with E-state index in [0.717, 1.165) is 53.6 Å². The fourth-order valence-corrected chi connectivity index (χ4v) is 5.95. The van der Waals surface area contributed by atoms with Gasteiger partial charge in [-0.05, 0) is 58.0 Å². The lowest BCUT2D eigenvalue weighted by atomic mass is 9.96. The van der Waals surface area contributed by atoms with Crippen molar-refractivity contribution in [3.05, 3.63) is 30.0 Å². The molecule has 172 valence electrons. The first-order valence-electron chi connectivity index (χ1n) is 11.8. The Balaban J connectivity index is 1.27. The summed E-state index contributed by atoms with van der Waals surface area (Å²) in [6, 6.07) is 8.66. The zero-order valence-corrected chi connectivity index (χ0v) is 20.6. The van der Waals surface area contributed by atoms with Gasteiger partial charge in [-0.25, -0.2) is 9.50 Å². The lowest BCUT2D eigenvalue weighted by molar-refractivity contribution is 0.155. The first-order valence-corrected chi connectivity index (χ1v) is 12.6. The van der Waals surface area contributed by atoms with Crippen molar-refractivity contribution in [2.45, 2.75) is 19.8 Å². The number of hydrogen-bond donors (Lipinski definition) is 0. The molecule has 8 heteroatoms. The molecule has 4 heterocycles. The van der Waals surface area contributed by atoms with Crippen LogP contribution in [0.25, 0.3) is 16.2 Å². The smallest absolute Gasteiger partial charge is 0.214 e. The summed E-state index contributed by atoms with van der Waals surface area (Å²) < 4.78 is 2.05. The van der Waals surface area contributed by atoms with Crippen molar-refractivity contribution >= 4 is 27.1 Å². The fourth-order valence-electron chi connectivity index (χ4n) is 4.95. The SMILES string of the molecule is Cc1nc2sc(N3CCN(CC4CCN(C)CC4)CC3)nn2c1-c1ccc(N(C)C)cc1. The average molecular weight is 454 g/mol. The summed E-state index contributed by atoms with van der Waals surface area (Å²) in [5.74, 6) is 0.866. The highest BCUT2D eigenvalue weighted by atomic mass is 32.1. The van der Waals surface area contributed by atoms with Crippen molar-refractivity contribution in [1.29, 1.82) is 0 Å². The molecule has 3 aromatic rings. The first kappa shape index (κ1) is 21.7. The first-order chi connectivity index (χ1) is 15.5. The van der Waals surface area contributed by atoms with Crippen molar-refractivity contribution in [3.63, 3.8) is 0 Å². The van der Waals surface area contributed by atoms with E-state index in [1.54, 1.807) is 11.3 Å². The summed E-state index contributed by atoms with van der Waals surface area (Å²) in [6.07, 6.45) is 2.69. The molecule has 0 aliphatic carbocycles. The number of piperazine rings is 1. The minimum absolute atomic E-state index is 0.866. The maximum Gasteiger partial charge on any atom is 0.214 e. The van der Waals surface area contributed by atoms with Gasteiger partial charge in [-0.15, -0.1) is 5.10 Å². The second-order valence-electron chi connectivity index (χ2n) is 9.60. The minimum Gasteiger partial charge on any atom is -0.378 e. The van der Waals surface area contributed by atoms with Crippen LogP contribution in [0, 0.1) is 12.8 Å². The largest absolute Gasteiger partial charge is 0.378 e. The maximum atomic E-state index is 5.00. The molecule has 2 aliphatic rings. The number of nitrogens with zero attached hydrogens (tertiary/aromatic N) is 7. The van der Waals surface area contributed by atoms with Gasteiger partial charge in [0.15, 0.2) is 0 Å². The van der Waals surface area contributed by atoms with E-state index in [0.29, 0.717) is 0 Å². The molecule has 0 amide bonds. The van der Waals surface area contributed by atoms with Gasteiger partial charge < -0.3 is 14.7 Å². The van der Waals surface area contributed by atoms with Crippen molar-refractivity contribution < 1.29 is 0 Å². The molecule has 1 aromatic carbocycles. The molecule has 0 bridgehead atoms. The average Bonchev–Trinajstić information content (AvgIpc) is 3.32. The number of imidazole rings is 1. The van der Waals surface area contributed by atoms with Crippen LogP contribution in [-0.2, 0) is 0 Å². The van der Waals surface area contributed by atoms with Crippen LogP contribution in [0.5, 0.6) is 0 Å². The second-order valence-corrected chi connectivity index (χ2v) is 10.5. The monoisotopic (exact) mass is 453 g/mol. The Labute approximate surface area is 195 Å². The third kappa shape index (κ3) is 4.36. The molecular formula is C24H35N7S. The Morgan fingerprint density at radius 1 is 1.00 bits per heavy atom. The number of benzene rings is 1. The van der Waals surface area contributed by atoms with Gasteiger partial charge in [0.1, 0.15) is 0 Å². The van der Waals surface area contributed by atoms with Crippen molar-refractivity contribution in [1.82, 2.24) is 24.4 Å². The minimum atomic E-state index is 0.866. The molecule has 2 saturated heterocycles. The molecule has 0 N–H and O–H groups in total. The highest BCUT2D eigenvalue weighted by Gasteiger charge is 2.25. The van der Waals surface area contributed by atoms with Crippen LogP contribution in [0.4, 0.5) is 10.8 Å². The van der Waals surface area contributed by atoms with Crippen LogP contribution in [-0.4, -0.2) is 91.4 Å². The number of piperidine rings is 1. The lowest BCUT2D eigenvalue weighted by Gasteiger charge is -2.38. The van der Waals surface area contributed by atoms with E-state index < -0.39 is 0 Å². The highest BCUT2D eigenvalue weighted by Crippen LogP contribution is 2.32. The number of fused-ring (bicyclic) bond motifs is 1. The number of aryl methyl sites for hydroxylation is 1. The van der Waals surface area contributed by atoms with E-state index in [-0.39, 0.29) is 0 Å². The van der Waals surface area contributed by atoms with E-state index in [9.17, 15) is 0 Å². The summed E-state index contributed by atoms with van der Waals surface area (Å²) in [5, 5.41) is 6.10. The van der Waals surface area contributed by atoms with E-state index >= 15 is 0 Å². The Hall–Kier alpha value is -2.16. The Kier molecular flexibility index (Phi) is 6.09. The highest BCUT2D eigenvalue weighted by molar-refractivity contribution is 7.20. The van der Waals surface area contributed by atoms with Gasteiger partial charge in [-0.3, -0.25) is 4.90 Å². The summed E-state index contributed by atoms with van der Waals surface area (Å²) in [6.45, 7) is 10.2. The van der Waals surface area contributed by atoms with Gasteiger partial charge in [-0.2, -0.15) is 0 Å². The molecule has 2 aromatic heterocycles. The Morgan fingerprint density at radius 2 is 1.69 bits per heavy atom. The molecule has 2 aliphatic heterocycles. The number of hydrogen-bond acceptors (Lipinski definition) is 7. The van der Waals surface area contributed by atoms with E-state index in [1.165, 1.54) is 43.7 Å². The third-order valence-electron chi connectivity index (χ3n) is 7.02. The standard InChI is InChI=1S/C24H35N7S/c1-18-22(20-5-7-21(8-6-20)27(2)3)31-23(25-18)32-24(26-31)30-15-13-29(14-16-30)17-19-9-11-28(4)12-10-19/h5-8,19H,9-17H2,1-4H3. The van der Waals surface area contributed by atoms with Gasteiger partial charge in [0.05, 0.1) is 11.4 Å². The number of rotatable bonds is 5. The second kappa shape index (κ2) is 9.00. The fraction of sp³-hybridized carbons (Fsp3) is 0.583. The molecule has 32 heavy (non-hydrogen) atoms. The van der Waals surface area contributed by atoms with Crippen LogP contribution in [0.1, 0.15) is 18.5 Å². The summed E-state index contributed by atoms with van der Waals surface area (Å²) >= 11 is 1.71. The van der Waals surface area contributed by atoms with Crippen LogP contribution < -0.4 is 9.80 Å². The molecule has 0 radical (unpaired) electrons. The van der Waals surface area contributed by atoms with Crippen molar-refractivity contribution in [2.75, 3.05) is 76.8 Å². The molecule has 0 unspecified atom stereocenters. The third-order valence-corrected chi connectivity index (χ3v) is 7.99. The quantitative estimate of drug-likeness (QED) is 0.591. The summed E-state index contributed by atoms with van der Waals surface area (Å²) in [4.78, 5) is 15.5. The summed E-state index contributed by atoms with van der Waals surface area (Å²) in [5.41, 5.74) is 4.51. The summed E-state index contributed by atoms with van der Waals surface area (Å²) in [7, 11) is 6.38. The topological polar surface area (TPSA) is 43.2 Å². The van der Waals surface area contributed by atoms with E-state index in [1.807, 2.05) is 4.52 Å². The van der Waals surface area contributed by atoms with Gasteiger partial charge in [0, 0.05) is 58.1 Å². The van der Waals surface area contributed by atoms with Crippen LogP contribution in [0.15, 0.2) is 24.3 Å². The van der Waals surface area contributed by atoms with E-state index in [2.05, 4.69) is 71.9 Å². The molecular weight excluding hydrogens is 418 g/mol. The van der Waals surface area contributed by atoms with Gasteiger partial charge in [-0.1, -0.05) is 23.5 Å². The molecule has 7 nitrogen and oxygen atoms in total. The normalized spacial score (nSPS) is 19.2. The zero-order valence-electron chi connectivity index (χ0n) is 19.8. The van der Waals surface area contributed by atoms with Gasteiger partial charge >= 0.3 is 0 Å². The molecule has 5 rings (SSSR count). The molecule has 0 spiro atoms. The van der Waals surface area contributed by atoms with Crippen LogP contribution in [0.3, 0.4) is 0 Å². The van der Waals surface area contributed by atoms with E-state index in [4.69, 9.17) is 10.1 Å². The van der Waals surface area contributed by atoms with Crippen molar-refractivity contribution in [2.24, 2.45) is 5.92 Å². The predicted octanol–water partition coefficient (Wildman–Crippen LogP) is 3.30. The van der Waals surface area contributed by atoms with Crippen molar-refractivity contribution in [3.8, 4) is 11.3 Å². The maximum absolute atomic E-state index is 5.00. The predicted molar refractivity (Wildman–Crippen MR) is 134 cm³/mol. The molecule has 0 saturated carbocycles. The Morgan fingerprint density at radius 3 is 2.34 bits per heavy atom. The number of likely N-dealkylation sites (tertiary alicyclic amines) is 1. The number of anilines is 2. The molecule has 2 fully saturated rings. The van der Waals surface area contributed by atoms with Crippen LogP contribution in [0.2, 0.25) is 0 Å². The Bertz CT molecular complexity index is 1040.